The van der Waals surface area contributed by atoms with Crippen LogP contribution < -0.4 is 4.90 Å². The van der Waals surface area contributed by atoms with Gasteiger partial charge in [0, 0.05) is 38.9 Å². The molecular formula is C41H37N3. The van der Waals surface area contributed by atoms with Gasteiger partial charge >= 0.3 is 0 Å². The van der Waals surface area contributed by atoms with Crippen LogP contribution in [0, 0.1) is 20.8 Å². The maximum atomic E-state index is 2.55. The van der Waals surface area contributed by atoms with Crippen LogP contribution in [0.3, 0.4) is 0 Å². The Morgan fingerprint density at radius 2 is 1.25 bits per heavy atom. The van der Waals surface area contributed by atoms with Crippen molar-refractivity contribution in [2.24, 2.45) is 0 Å². The zero-order valence-electron chi connectivity index (χ0n) is 25.7. The lowest BCUT2D eigenvalue weighted by molar-refractivity contribution is 0.690. The molecule has 7 aromatic rings. The molecule has 0 fully saturated rings. The average molecular weight is 572 g/mol. The van der Waals surface area contributed by atoms with Crippen LogP contribution in [0.5, 0.6) is 0 Å². The number of rotatable bonds is 5. The van der Waals surface area contributed by atoms with Crippen LogP contribution in [0.2, 0.25) is 0 Å². The van der Waals surface area contributed by atoms with Crippen LogP contribution in [0.25, 0.3) is 44.1 Å². The van der Waals surface area contributed by atoms with Crippen LogP contribution in [0.1, 0.15) is 42.5 Å². The molecule has 0 radical (unpaired) electrons. The van der Waals surface area contributed by atoms with E-state index in [1.54, 1.807) is 0 Å². The Morgan fingerprint density at radius 1 is 0.568 bits per heavy atom. The molecule has 0 amide bonds. The molecule has 0 aliphatic heterocycles. The second-order valence-electron chi connectivity index (χ2n) is 12.1. The molecule has 44 heavy (non-hydrogen) atoms. The molecule has 8 rings (SSSR count). The van der Waals surface area contributed by atoms with Gasteiger partial charge in [-0.3, -0.25) is 0 Å². The maximum Gasteiger partial charge on any atom is 0.0751 e. The van der Waals surface area contributed by atoms with E-state index < -0.39 is 0 Å². The molecule has 0 atom stereocenters. The molecule has 3 nitrogen and oxygen atoms in total. The molecule has 0 unspecified atom stereocenters. The third-order valence-electron chi connectivity index (χ3n) is 9.53. The summed E-state index contributed by atoms with van der Waals surface area (Å²) in [5.41, 5.74) is 13.9. The quantitative estimate of drug-likeness (QED) is 0.200. The van der Waals surface area contributed by atoms with E-state index in [2.05, 4.69) is 156 Å². The zero-order valence-corrected chi connectivity index (χ0v) is 25.7. The molecule has 2 aromatic heterocycles. The third-order valence-corrected chi connectivity index (χ3v) is 9.53. The molecule has 2 heterocycles. The highest BCUT2D eigenvalue weighted by Crippen LogP contribution is 2.44. The van der Waals surface area contributed by atoms with Crippen molar-refractivity contribution in [1.29, 1.82) is 0 Å². The minimum absolute atomic E-state index is 1.10. The fourth-order valence-corrected chi connectivity index (χ4v) is 7.51. The van der Waals surface area contributed by atoms with E-state index in [1.807, 2.05) is 0 Å². The predicted octanol–water partition coefficient (Wildman–Crippen LogP) is 11.2. The van der Waals surface area contributed by atoms with Gasteiger partial charge in [0.05, 0.1) is 27.9 Å². The van der Waals surface area contributed by atoms with E-state index >= 15 is 0 Å². The van der Waals surface area contributed by atoms with Crippen molar-refractivity contribution in [1.82, 2.24) is 9.13 Å². The van der Waals surface area contributed by atoms with Crippen LogP contribution in [0.15, 0.2) is 127 Å². The van der Waals surface area contributed by atoms with Gasteiger partial charge in [0.15, 0.2) is 0 Å². The summed E-state index contributed by atoms with van der Waals surface area (Å²) >= 11 is 0. The van der Waals surface area contributed by atoms with Crippen molar-refractivity contribution in [3.05, 3.63) is 144 Å². The predicted molar refractivity (Wildman–Crippen MR) is 187 cm³/mol. The molecular weight excluding hydrogens is 534 g/mol. The molecule has 1 aliphatic carbocycles. The standard InChI is InChI=1S/C41H37N3/c1-28-16-10-13-23-36(28)43(32-19-8-5-9-20-32)37-27-26-34-33-21-11-14-24-38(33)44(40(34)29(37)2)41-30(3)42(31-17-6-4-7-18-31)39-25-15-12-22-35(39)41/h4,6-7,10-19,21-27H,5,8-9,20H2,1-3H3. The van der Waals surface area contributed by atoms with Crippen molar-refractivity contribution in [2.45, 2.75) is 46.5 Å². The lowest BCUT2D eigenvalue weighted by Crippen LogP contribution is -2.20. The van der Waals surface area contributed by atoms with Crippen molar-refractivity contribution in [3.8, 4) is 11.4 Å². The Morgan fingerprint density at radius 3 is 2.00 bits per heavy atom. The molecule has 216 valence electrons. The fourth-order valence-electron chi connectivity index (χ4n) is 7.51. The molecule has 1 aliphatic rings. The normalized spacial score (nSPS) is 13.6. The molecule has 0 saturated heterocycles. The first kappa shape index (κ1) is 26.6. The minimum atomic E-state index is 1.10. The number of para-hydroxylation sites is 4. The number of fused-ring (bicyclic) bond motifs is 4. The number of anilines is 2. The van der Waals surface area contributed by atoms with Gasteiger partial charge in [-0.05, 0) is 94.0 Å². The number of aryl methyl sites for hydroxylation is 2. The SMILES string of the molecule is Cc1ccccc1N(C1=CCCCC1)c1ccc2c3ccccc3n(-c3c(C)n(-c4ccccc4)c4ccccc34)c2c1C. The molecule has 0 N–H and O–H groups in total. The third kappa shape index (κ3) is 4.03. The summed E-state index contributed by atoms with van der Waals surface area (Å²) in [5, 5.41) is 3.83. The number of hydrogen-bond donors (Lipinski definition) is 0. The van der Waals surface area contributed by atoms with Gasteiger partial charge in [-0.2, -0.15) is 0 Å². The summed E-state index contributed by atoms with van der Waals surface area (Å²) in [7, 11) is 0. The summed E-state index contributed by atoms with van der Waals surface area (Å²) in [6.45, 7) is 6.83. The first-order chi connectivity index (χ1) is 21.6. The Labute approximate surface area is 259 Å². The van der Waals surface area contributed by atoms with E-state index in [9.17, 15) is 0 Å². The van der Waals surface area contributed by atoms with Crippen molar-refractivity contribution in [2.75, 3.05) is 4.90 Å². The number of hydrogen-bond acceptors (Lipinski definition) is 1. The summed E-state index contributed by atoms with van der Waals surface area (Å²) < 4.78 is 4.96. The Bertz CT molecular complexity index is 2210. The van der Waals surface area contributed by atoms with Crippen LogP contribution in [0.4, 0.5) is 11.4 Å². The van der Waals surface area contributed by atoms with Crippen molar-refractivity contribution >= 4 is 44.1 Å². The number of allylic oxidation sites excluding steroid dienone is 2. The summed E-state index contributed by atoms with van der Waals surface area (Å²) in [6.07, 6.45) is 7.19. The first-order valence-electron chi connectivity index (χ1n) is 15.9. The minimum Gasteiger partial charge on any atom is -0.314 e. The second kappa shape index (κ2) is 10.6. The van der Waals surface area contributed by atoms with Gasteiger partial charge < -0.3 is 14.0 Å². The zero-order chi connectivity index (χ0) is 29.8. The Hall–Kier alpha value is -5.02. The maximum absolute atomic E-state index is 2.55. The lowest BCUT2D eigenvalue weighted by Gasteiger charge is -2.32. The van der Waals surface area contributed by atoms with E-state index in [1.165, 1.54) is 90.8 Å². The average Bonchev–Trinajstić information content (AvgIpc) is 3.55. The molecule has 0 bridgehead atoms. The Kier molecular flexibility index (Phi) is 6.41. The van der Waals surface area contributed by atoms with Crippen LogP contribution >= 0.6 is 0 Å². The van der Waals surface area contributed by atoms with Gasteiger partial charge in [0.2, 0.25) is 0 Å². The smallest absolute Gasteiger partial charge is 0.0751 e. The number of aromatic nitrogens is 2. The monoisotopic (exact) mass is 571 g/mol. The Balaban J connectivity index is 1.48. The highest BCUT2D eigenvalue weighted by Gasteiger charge is 2.25. The lowest BCUT2D eigenvalue weighted by atomic mass is 9.99. The molecule has 3 heteroatoms. The van der Waals surface area contributed by atoms with E-state index in [4.69, 9.17) is 0 Å². The van der Waals surface area contributed by atoms with Gasteiger partial charge in [-0.25, -0.2) is 0 Å². The molecule has 5 aromatic carbocycles. The first-order valence-corrected chi connectivity index (χ1v) is 15.9. The van der Waals surface area contributed by atoms with Gasteiger partial charge in [-0.15, -0.1) is 0 Å². The highest BCUT2D eigenvalue weighted by atomic mass is 15.2. The molecule has 0 saturated carbocycles. The number of nitrogens with zero attached hydrogens (tertiary/aromatic N) is 3. The van der Waals surface area contributed by atoms with Crippen LogP contribution in [-0.2, 0) is 0 Å². The number of benzene rings is 5. The molecule has 0 spiro atoms. The van der Waals surface area contributed by atoms with Gasteiger partial charge in [0.25, 0.3) is 0 Å². The summed E-state index contributed by atoms with van der Waals surface area (Å²) in [5.74, 6) is 0. The van der Waals surface area contributed by atoms with Gasteiger partial charge in [0.1, 0.15) is 0 Å². The van der Waals surface area contributed by atoms with Crippen LogP contribution in [-0.4, -0.2) is 9.13 Å². The summed E-state index contributed by atoms with van der Waals surface area (Å²) in [4.78, 5) is 2.55. The van der Waals surface area contributed by atoms with E-state index in [-0.39, 0.29) is 0 Å². The van der Waals surface area contributed by atoms with E-state index in [0.717, 1.165) is 12.8 Å². The topological polar surface area (TPSA) is 13.1 Å². The second-order valence-corrected chi connectivity index (χ2v) is 12.1. The van der Waals surface area contributed by atoms with Crippen molar-refractivity contribution in [3.63, 3.8) is 0 Å². The van der Waals surface area contributed by atoms with Crippen molar-refractivity contribution < 1.29 is 0 Å². The van der Waals surface area contributed by atoms with Gasteiger partial charge in [-0.1, -0.05) is 84.9 Å². The summed E-state index contributed by atoms with van der Waals surface area (Å²) in [6, 6.07) is 42.0. The highest BCUT2D eigenvalue weighted by molar-refractivity contribution is 6.13. The van der Waals surface area contributed by atoms with E-state index in [0.29, 0.717) is 0 Å². The largest absolute Gasteiger partial charge is 0.314 e. The fraction of sp³-hybridized carbons (Fsp3) is 0.171.